The second-order valence-corrected chi connectivity index (χ2v) is 3.40. The van der Waals surface area contributed by atoms with Crippen molar-refractivity contribution in [2.24, 2.45) is 0 Å². The van der Waals surface area contributed by atoms with Gasteiger partial charge in [0, 0.05) is 18.7 Å². The van der Waals surface area contributed by atoms with Crippen LogP contribution in [0.1, 0.15) is 24.3 Å². The second kappa shape index (κ2) is 3.60. The Morgan fingerprint density at radius 2 is 2.31 bits per heavy atom. The van der Waals surface area contributed by atoms with Gasteiger partial charge in [0.15, 0.2) is 0 Å². The largest absolute Gasteiger partial charge is 0.385 e. The van der Waals surface area contributed by atoms with Crippen molar-refractivity contribution in [2.75, 3.05) is 11.9 Å². The molecule has 2 nitrogen and oxygen atoms in total. The molecule has 1 unspecified atom stereocenters. The van der Waals surface area contributed by atoms with Crippen LogP contribution in [0.15, 0.2) is 24.3 Å². The Bertz CT molecular complexity index is 309. The molecular weight excluding hydrogens is 162 g/mol. The van der Waals surface area contributed by atoms with E-state index in [1.54, 1.807) is 0 Å². The molecule has 0 saturated carbocycles. The Labute approximate surface area is 78.0 Å². The highest BCUT2D eigenvalue weighted by molar-refractivity contribution is 5.59. The average Bonchev–Trinajstić information content (AvgIpc) is 2.19. The Morgan fingerprint density at radius 3 is 3.15 bits per heavy atom. The van der Waals surface area contributed by atoms with Crippen LogP contribution in [0.25, 0.3) is 0 Å². The summed E-state index contributed by atoms with van der Waals surface area (Å²) in [7, 11) is 0. The number of nitrogens with one attached hydrogen (secondary N) is 1. The number of hydrogen-bond acceptors (Lipinski definition) is 2. The lowest BCUT2D eigenvalue weighted by atomic mass is 9.89. The van der Waals surface area contributed by atoms with E-state index in [2.05, 4.69) is 17.4 Å². The van der Waals surface area contributed by atoms with Crippen molar-refractivity contribution in [1.29, 1.82) is 0 Å². The predicted molar refractivity (Wildman–Crippen MR) is 53.0 cm³/mol. The Kier molecular flexibility index (Phi) is 2.30. The van der Waals surface area contributed by atoms with Crippen molar-refractivity contribution in [3.63, 3.8) is 0 Å². The Morgan fingerprint density at radius 1 is 1.46 bits per heavy atom. The maximum absolute atomic E-state index is 10.5. The van der Waals surface area contributed by atoms with Crippen LogP contribution in [0.4, 0.5) is 5.69 Å². The summed E-state index contributed by atoms with van der Waals surface area (Å²) in [5.41, 5.74) is 2.49. The minimum absolute atomic E-state index is 0.426. The summed E-state index contributed by atoms with van der Waals surface area (Å²) >= 11 is 0. The van der Waals surface area contributed by atoms with Gasteiger partial charge in [0.2, 0.25) is 0 Å². The zero-order valence-electron chi connectivity index (χ0n) is 7.49. The van der Waals surface area contributed by atoms with Crippen LogP contribution in [0.5, 0.6) is 0 Å². The summed E-state index contributed by atoms with van der Waals surface area (Å²) in [5.74, 6) is 0.426. The third kappa shape index (κ3) is 1.57. The number of hydrogen-bond donors (Lipinski definition) is 1. The molecule has 68 valence electrons. The third-order valence-electron chi connectivity index (χ3n) is 2.59. The topological polar surface area (TPSA) is 29.1 Å². The number of aldehydes is 1. The lowest BCUT2D eigenvalue weighted by Gasteiger charge is -2.25. The summed E-state index contributed by atoms with van der Waals surface area (Å²) in [4.78, 5) is 10.5. The van der Waals surface area contributed by atoms with Crippen molar-refractivity contribution < 1.29 is 4.79 Å². The second-order valence-electron chi connectivity index (χ2n) is 3.40. The Balaban J connectivity index is 2.31. The molecule has 0 radical (unpaired) electrons. The van der Waals surface area contributed by atoms with Gasteiger partial charge < -0.3 is 10.1 Å². The zero-order chi connectivity index (χ0) is 9.10. The van der Waals surface area contributed by atoms with E-state index in [4.69, 9.17) is 0 Å². The van der Waals surface area contributed by atoms with Gasteiger partial charge in [-0.1, -0.05) is 18.2 Å². The molecule has 0 amide bonds. The molecule has 1 heterocycles. The van der Waals surface area contributed by atoms with Crippen LogP contribution in [-0.4, -0.2) is 12.8 Å². The van der Waals surface area contributed by atoms with Crippen LogP contribution < -0.4 is 5.32 Å². The summed E-state index contributed by atoms with van der Waals surface area (Å²) in [6.45, 7) is 0.982. The summed E-state index contributed by atoms with van der Waals surface area (Å²) in [5, 5.41) is 3.34. The highest BCUT2D eigenvalue weighted by atomic mass is 16.1. The van der Waals surface area contributed by atoms with Gasteiger partial charge in [-0.25, -0.2) is 0 Å². The van der Waals surface area contributed by atoms with E-state index >= 15 is 0 Å². The minimum Gasteiger partial charge on any atom is -0.385 e. The standard InChI is InChI=1S/C11H13NO/c13-8-6-9-5-7-12-11-4-2-1-3-10(9)11/h1-4,8-9,12H,5-7H2. The average molecular weight is 175 g/mol. The minimum atomic E-state index is 0.426. The summed E-state index contributed by atoms with van der Waals surface area (Å²) in [6, 6.07) is 8.24. The first-order valence-corrected chi connectivity index (χ1v) is 4.68. The van der Waals surface area contributed by atoms with Gasteiger partial charge in [0.1, 0.15) is 6.29 Å². The fraction of sp³-hybridized carbons (Fsp3) is 0.364. The molecule has 2 rings (SSSR count). The smallest absolute Gasteiger partial charge is 0.120 e. The molecular formula is C11H13NO. The molecule has 0 aromatic heterocycles. The van der Waals surface area contributed by atoms with E-state index < -0.39 is 0 Å². The first kappa shape index (κ1) is 8.30. The van der Waals surface area contributed by atoms with E-state index in [0.29, 0.717) is 12.3 Å². The highest BCUT2D eigenvalue weighted by Crippen LogP contribution is 2.32. The van der Waals surface area contributed by atoms with Crippen LogP contribution in [-0.2, 0) is 4.79 Å². The van der Waals surface area contributed by atoms with Crippen molar-refractivity contribution in [3.05, 3.63) is 29.8 Å². The normalized spacial score (nSPS) is 20.2. The molecule has 0 aliphatic carbocycles. The van der Waals surface area contributed by atoms with Crippen LogP contribution >= 0.6 is 0 Å². The molecule has 13 heavy (non-hydrogen) atoms. The quantitative estimate of drug-likeness (QED) is 0.698. The molecule has 0 spiro atoms. The molecule has 1 aliphatic rings. The van der Waals surface area contributed by atoms with Gasteiger partial charge in [0.25, 0.3) is 0 Å². The van der Waals surface area contributed by atoms with Crippen molar-refractivity contribution in [2.45, 2.75) is 18.8 Å². The number of benzene rings is 1. The number of rotatable bonds is 2. The monoisotopic (exact) mass is 175 g/mol. The molecule has 1 atom stereocenters. The van der Waals surface area contributed by atoms with Gasteiger partial charge in [-0.15, -0.1) is 0 Å². The van der Waals surface area contributed by atoms with Crippen molar-refractivity contribution in [1.82, 2.24) is 0 Å². The van der Waals surface area contributed by atoms with Crippen LogP contribution in [0, 0.1) is 0 Å². The van der Waals surface area contributed by atoms with Gasteiger partial charge in [-0.05, 0) is 24.0 Å². The first-order valence-electron chi connectivity index (χ1n) is 4.68. The lowest BCUT2D eigenvalue weighted by molar-refractivity contribution is -0.108. The molecule has 1 aliphatic heterocycles. The highest BCUT2D eigenvalue weighted by Gasteiger charge is 2.18. The fourth-order valence-electron chi connectivity index (χ4n) is 1.91. The summed E-state index contributed by atoms with van der Waals surface area (Å²) < 4.78 is 0. The maximum Gasteiger partial charge on any atom is 0.120 e. The number of carbonyl (C=O) groups excluding carboxylic acids is 1. The molecule has 1 N–H and O–H groups in total. The summed E-state index contributed by atoms with van der Waals surface area (Å²) in [6.07, 6.45) is 2.74. The van der Waals surface area contributed by atoms with Crippen LogP contribution in [0.2, 0.25) is 0 Å². The lowest BCUT2D eigenvalue weighted by Crippen LogP contribution is -2.16. The van der Waals surface area contributed by atoms with E-state index in [1.165, 1.54) is 11.3 Å². The van der Waals surface area contributed by atoms with Crippen molar-refractivity contribution >= 4 is 12.0 Å². The SMILES string of the molecule is O=CCC1CCNc2ccccc21. The number of carbonyl (C=O) groups is 1. The molecule has 1 aromatic rings. The van der Waals surface area contributed by atoms with Gasteiger partial charge in [0.05, 0.1) is 0 Å². The molecule has 0 bridgehead atoms. The number of fused-ring (bicyclic) bond motifs is 1. The number of anilines is 1. The van der Waals surface area contributed by atoms with E-state index in [-0.39, 0.29) is 0 Å². The van der Waals surface area contributed by atoms with E-state index in [9.17, 15) is 4.79 Å². The fourth-order valence-corrected chi connectivity index (χ4v) is 1.91. The number of para-hydroxylation sites is 1. The van der Waals surface area contributed by atoms with Gasteiger partial charge >= 0.3 is 0 Å². The zero-order valence-corrected chi connectivity index (χ0v) is 7.49. The molecule has 0 saturated heterocycles. The molecule has 0 fully saturated rings. The maximum atomic E-state index is 10.5. The molecule has 2 heteroatoms. The third-order valence-corrected chi connectivity index (χ3v) is 2.59. The van der Waals surface area contributed by atoms with Crippen molar-refractivity contribution in [3.8, 4) is 0 Å². The van der Waals surface area contributed by atoms with E-state index in [1.807, 2.05) is 12.1 Å². The van der Waals surface area contributed by atoms with Gasteiger partial charge in [-0.3, -0.25) is 0 Å². The predicted octanol–water partition coefficient (Wildman–Crippen LogP) is 2.17. The van der Waals surface area contributed by atoms with Gasteiger partial charge in [-0.2, -0.15) is 0 Å². The molecule has 1 aromatic carbocycles. The Hall–Kier alpha value is -1.31. The first-order chi connectivity index (χ1) is 6.42. The van der Waals surface area contributed by atoms with Crippen LogP contribution in [0.3, 0.4) is 0 Å². The van der Waals surface area contributed by atoms with E-state index in [0.717, 1.165) is 19.3 Å².